The predicted molar refractivity (Wildman–Crippen MR) is 79.0 cm³/mol. The number of imidazole rings is 1. The van der Waals surface area contributed by atoms with Crippen LogP contribution < -0.4 is 10.6 Å². The van der Waals surface area contributed by atoms with Crippen LogP contribution in [0.25, 0.3) is 0 Å². The van der Waals surface area contributed by atoms with Gasteiger partial charge < -0.3 is 15.6 Å². The molecule has 1 aromatic carbocycles. The van der Waals surface area contributed by atoms with E-state index < -0.39 is 0 Å². The molecule has 1 aromatic heterocycles. The van der Waals surface area contributed by atoms with Gasteiger partial charge in [-0.2, -0.15) is 0 Å². The van der Waals surface area contributed by atoms with Crippen molar-refractivity contribution in [1.82, 2.24) is 15.3 Å². The maximum absolute atomic E-state index is 11.6. The quantitative estimate of drug-likeness (QED) is 0.755. The van der Waals surface area contributed by atoms with Gasteiger partial charge in [0.05, 0.1) is 6.54 Å². The summed E-state index contributed by atoms with van der Waals surface area (Å²) in [7, 11) is 0. The number of benzene rings is 1. The van der Waals surface area contributed by atoms with Gasteiger partial charge in [0.1, 0.15) is 5.82 Å². The Bertz CT molecular complexity index is 532. The summed E-state index contributed by atoms with van der Waals surface area (Å²) in [6, 6.07) is 7.85. The highest BCUT2D eigenvalue weighted by Crippen LogP contribution is 2.11. The molecule has 0 unspecified atom stereocenters. The zero-order valence-corrected chi connectivity index (χ0v) is 11.8. The number of hydrogen-bond donors (Lipinski definition) is 3. The first-order valence-corrected chi connectivity index (χ1v) is 6.74. The molecule has 5 nitrogen and oxygen atoms in total. The van der Waals surface area contributed by atoms with Gasteiger partial charge in [0.2, 0.25) is 5.91 Å². The molecule has 3 N–H and O–H groups in total. The lowest BCUT2D eigenvalue weighted by molar-refractivity contribution is -0.118. The monoisotopic (exact) mass is 272 g/mol. The Hall–Kier alpha value is -2.14. The smallest absolute Gasteiger partial charge is 0.226 e. The van der Waals surface area contributed by atoms with Crippen molar-refractivity contribution in [3.8, 4) is 0 Å². The number of nitrogens with one attached hydrogen (secondary N) is 3. The second kappa shape index (κ2) is 6.86. The largest absolute Gasteiger partial charge is 0.348 e. The molecule has 0 spiro atoms. The van der Waals surface area contributed by atoms with Crippen molar-refractivity contribution < 1.29 is 4.79 Å². The zero-order chi connectivity index (χ0) is 14.4. The summed E-state index contributed by atoms with van der Waals surface area (Å²) in [6.07, 6.45) is 3.55. The van der Waals surface area contributed by atoms with E-state index in [1.165, 1.54) is 5.56 Å². The van der Waals surface area contributed by atoms with Crippen LogP contribution in [0.4, 0.5) is 5.69 Å². The van der Waals surface area contributed by atoms with Gasteiger partial charge in [-0.25, -0.2) is 4.98 Å². The minimum absolute atomic E-state index is 0.00959. The summed E-state index contributed by atoms with van der Waals surface area (Å²) in [4.78, 5) is 18.8. The third-order valence-corrected chi connectivity index (χ3v) is 2.92. The summed E-state index contributed by atoms with van der Waals surface area (Å²) < 4.78 is 0. The number of carbonyl (C=O) groups excluding carboxylic acids is 1. The van der Waals surface area contributed by atoms with Crippen LogP contribution in [0.2, 0.25) is 0 Å². The SMILES string of the molecule is CC(C)C(=O)Nc1ccc(CNCc2ncc[nH]2)cc1. The molecular weight excluding hydrogens is 252 g/mol. The third-order valence-electron chi connectivity index (χ3n) is 2.92. The summed E-state index contributed by atoms with van der Waals surface area (Å²) in [5.41, 5.74) is 2.00. The normalized spacial score (nSPS) is 10.8. The molecule has 2 aromatic rings. The fourth-order valence-electron chi connectivity index (χ4n) is 1.71. The first kappa shape index (κ1) is 14.3. The molecule has 1 heterocycles. The van der Waals surface area contributed by atoms with Crippen LogP contribution in [0.1, 0.15) is 25.2 Å². The van der Waals surface area contributed by atoms with E-state index in [0.717, 1.165) is 18.1 Å². The average Bonchev–Trinajstić information content (AvgIpc) is 2.94. The second-order valence-electron chi connectivity index (χ2n) is 4.98. The first-order valence-electron chi connectivity index (χ1n) is 6.74. The summed E-state index contributed by atoms with van der Waals surface area (Å²) >= 11 is 0. The lowest BCUT2D eigenvalue weighted by atomic mass is 10.1. The molecular formula is C15H20N4O. The van der Waals surface area contributed by atoms with Gasteiger partial charge in [0.15, 0.2) is 0 Å². The van der Waals surface area contributed by atoms with Crippen molar-refractivity contribution in [2.75, 3.05) is 5.32 Å². The highest BCUT2D eigenvalue weighted by Gasteiger charge is 2.06. The average molecular weight is 272 g/mol. The van der Waals surface area contributed by atoms with E-state index in [1.807, 2.05) is 44.3 Å². The number of amides is 1. The Labute approximate surface area is 118 Å². The number of hydrogen-bond acceptors (Lipinski definition) is 3. The number of carbonyl (C=O) groups is 1. The molecule has 0 fully saturated rings. The van der Waals surface area contributed by atoms with Crippen LogP contribution in [-0.4, -0.2) is 15.9 Å². The lowest BCUT2D eigenvalue weighted by Gasteiger charge is -2.09. The molecule has 1 amide bonds. The van der Waals surface area contributed by atoms with E-state index >= 15 is 0 Å². The van der Waals surface area contributed by atoms with Crippen molar-refractivity contribution >= 4 is 11.6 Å². The third kappa shape index (κ3) is 4.20. The van der Waals surface area contributed by atoms with Crippen molar-refractivity contribution in [2.24, 2.45) is 5.92 Å². The summed E-state index contributed by atoms with van der Waals surface area (Å²) in [5, 5.41) is 6.17. The van der Waals surface area contributed by atoms with Gasteiger partial charge in [-0.15, -0.1) is 0 Å². The zero-order valence-electron chi connectivity index (χ0n) is 11.8. The molecule has 0 saturated carbocycles. The predicted octanol–water partition coefficient (Wildman–Crippen LogP) is 2.29. The molecule has 106 valence electrons. The van der Waals surface area contributed by atoms with Crippen molar-refractivity contribution in [2.45, 2.75) is 26.9 Å². The fraction of sp³-hybridized carbons (Fsp3) is 0.333. The van der Waals surface area contributed by atoms with Crippen LogP contribution in [0.15, 0.2) is 36.7 Å². The van der Waals surface area contributed by atoms with E-state index in [2.05, 4.69) is 20.6 Å². The Balaban J connectivity index is 1.80. The number of aromatic nitrogens is 2. The van der Waals surface area contributed by atoms with Gasteiger partial charge in [-0.05, 0) is 17.7 Å². The maximum Gasteiger partial charge on any atom is 0.226 e. The summed E-state index contributed by atoms with van der Waals surface area (Å²) in [6.45, 7) is 5.22. The number of rotatable bonds is 6. The van der Waals surface area contributed by atoms with Crippen LogP contribution in [-0.2, 0) is 17.9 Å². The van der Waals surface area contributed by atoms with E-state index in [1.54, 1.807) is 6.20 Å². The number of aromatic amines is 1. The lowest BCUT2D eigenvalue weighted by Crippen LogP contribution is -2.17. The van der Waals surface area contributed by atoms with E-state index in [9.17, 15) is 4.79 Å². The van der Waals surface area contributed by atoms with Gasteiger partial charge in [-0.1, -0.05) is 26.0 Å². The molecule has 0 radical (unpaired) electrons. The standard InChI is InChI=1S/C15H20N4O/c1-11(2)15(20)19-13-5-3-12(4-6-13)9-16-10-14-17-7-8-18-14/h3-8,11,16H,9-10H2,1-2H3,(H,17,18)(H,19,20). The minimum atomic E-state index is -0.00959. The topological polar surface area (TPSA) is 69.8 Å². The van der Waals surface area contributed by atoms with Crippen molar-refractivity contribution in [3.05, 3.63) is 48.0 Å². The van der Waals surface area contributed by atoms with Gasteiger partial charge >= 0.3 is 0 Å². The minimum Gasteiger partial charge on any atom is -0.348 e. The second-order valence-corrected chi connectivity index (χ2v) is 4.98. The van der Waals surface area contributed by atoms with E-state index in [-0.39, 0.29) is 11.8 Å². The molecule has 5 heteroatoms. The van der Waals surface area contributed by atoms with Crippen LogP contribution in [0.3, 0.4) is 0 Å². The Morgan fingerprint density at radius 1 is 1.25 bits per heavy atom. The van der Waals surface area contributed by atoms with Gasteiger partial charge in [0.25, 0.3) is 0 Å². The molecule has 20 heavy (non-hydrogen) atoms. The highest BCUT2D eigenvalue weighted by atomic mass is 16.1. The molecule has 0 bridgehead atoms. The molecule has 0 aliphatic carbocycles. The highest BCUT2D eigenvalue weighted by molar-refractivity contribution is 5.91. The van der Waals surface area contributed by atoms with E-state index in [4.69, 9.17) is 0 Å². The van der Waals surface area contributed by atoms with Gasteiger partial charge in [0, 0.05) is 30.5 Å². The van der Waals surface area contributed by atoms with Crippen LogP contribution in [0, 0.1) is 5.92 Å². The maximum atomic E-state index is 11.6. The van der Waals surface area contributed by atoms with E-state index in [0.29, 0.717) is 6.54 Å². The Morgan fingerprint density at radius 3 is 2.60 bits per heavy atom. The van der Waals surface area contributed by atoms with Crippen LogP contribution >= 0.6 is 0 Å². The van der Waals surface area contributed by atoms with Crippen LogP contribution in [0.5, 0.6) is 0 Å². The number of H-pyrrole nitrogens is 1. The Morgan fingerprint density at radius 2 is 2.00 bits per heavy atom. The number of anilines is 1. The number of nitrogens with zero attached hydrogens (tertiary/aromatic N) is 1. The van der Waals surface area contributed by atoms with Crippen molar-refractivity contribution in [3.63, 3.8) is 0 Å². The molecule has 0 aliphatic heterocycles. The van der Waals surface area contributed by atoms with Gasteiger partial charge in [-0.3, -0.25) is 4.79 Å². The fourth-order valence-corrected chi connectivity index (χ4v) is 1.71. The first-order chi connectivity index (χ1) is 9.65. The molecule has 0 aliphatic rings. The molecule has 2 rings (SSSR count). The van der Waals surface area contributed by atoms with Crippen molar-refractivity contribution in [1.29, 1.82) is 0 Å². The Kier molecular flexibility index (Phi) is 4.90. The summed E-state index contributed by atoms with van der Waals surface area (Å²) in [5.74, 6) is 0.948. The molecule has 0 atom stereocenters. The molecule has 0 saturated heterocycles.